The number of benzene rings is 3. The lowest BCUT2D eigenvalue weighted by molar-refractivity contribution is -0.132. The molecule has 0 saturated carbocycles. The molecule has 0 bridgehead atoms. The molecule has 13 nitrogen and oxygen atoms in total. The lowest BCUT2D eigenvalue weighted by atomic mass is 10.0. The summed E-state index contributed by atoms with van der Waals surface area (Å²) in [5.41, 5.74) is 1.94. The molecule has 0 unspecified atom stereocenters. The maximum Gasteiger partial charge on any atom is 0.331 e. The van der Waals surface area contributed by atoms with Crippen LogP contribution in [0.25, 0.3) is 11.8 Å². The Hall–Kier alpha value is -5.50. The van der Waals surface area contributed by atoms with Gasteiger partial charge in [-0.3, -0.25) is 9.36 Å². The maximum absolute atomic E-state index is 13.4. The van der Waals surface area contributed by atoms with Crippen LogP contribution in [-0.4, -0.2) is 67.5 Å². The van der Waals surface area contributed by atoms with E-state index < -0.39 is 22.7 Å². The Morgan fingerprint density at radius 2 is 1.82 bits per heavy atom. The topological polar surface area (TPSA) is 156 Å². The molecule has 0 radical (unpaired) electrons. The highest BCUT2D eigenvalue weighted by atomic mass is 32.2. The molecule has 258 valence electrons. The van der Waals surface area contributed by atoms with E-state index >= 15 is 0 Å². The number of carboxylic acids is 1. The second-order valence-corrected chi connectivity index (χ2v) is 12.9. The fraction of sp³-hybridized carbons (Fsp3) is 0.286. The van der Waals surface area contributed by atoms with Gasteiger partial charge in [0, 0.05) is 36.1 Å². The third-order valence-corrected chi connectivity index (χ3v) is 9.75. The van der Waals surface area contributed by atoms with Crippen molar-refractivity contribution < 1.29 is 46.8 Å². The van der Waals surface area contributed by atoms with E-state index in [9.17, 15) is 23.1 Å². The number of carbonyl (C=O) groups is 2. The summed E-state index contributed by atoms with van der Waals surface area (Å²) in [5, 5.41) is 10.3. The average molecular weight is 692 g/mol. The van der Waals surface area contributed by atoms with Gasteiger partial charge in [0.25, 0.3) is 10.0 Å². The Balaban J connectivity index is 1.56. The van der Waals surface area contributed by atoms with E-state index in [1.54, 1.807) is 66.2 Å². The van der Waals surface area contributed by atoms with Crippen LogP contribution in [0.2, 0.25) is 0 Å². The SMILES string of the molecule is CCCCc1ncc(C=C(Cc2cc3c(cc2OC)OCO3)C(=O)O)n1-c1ccc(OC)cc1OCN(C=O)S(=O)(=O)c1ccccc1C. The monoisotopic (exact) mass is 691 g/mol. The van der Waals surface area contributed by atoms with E-state index in [2.05, 4.69) is 4.98 Å². The molecule has 4 aromatic rings. The van der Waals surface area contributed by atoms with E-state index in [0.29, 0.717) is 62.1 Å². The van der Waals surface area contributed by atoms with Crippen LogP contribution in [0, 0.1) is 6.92 Å². The van der Waals surface area contributed by atoms with Gasteiger partial charge in [-0.05, 0) is 49.2 Å². The number of imidazole rings is 1. The predicted octanol–water partition coefficient (Wildman–Crippen LogP) is 5.16. The van der Waals surface area contributed by atoms with E-state index in [0.717, 1.165) is 12.8 Å². The molecule has 1 amide bonds. The quantitative estimate of drug-likeness (QED) is 0.0941. The lowest BCUT2D eigenvalue weighted by Crippen LogP contribution is -2.34. The Morgan fingerprint density at radius 1 is 1.06 bits per heavy atom. The van der Waals surface area contributed by atoms with Crippen molar-refractivity contribution in [2.24, 2.45) is 0 Å². The zero-order chi connectivity index (χ0) is 35.1. The number of sulfonamides is 1. The van der Waals surface area contributed by atoms with Crippen LogP contribution < -0.4 is 23.7 Å². The zero-order valence-corrected chi connectivity index (χ0v) is 28.4. The number of hydrogen-bond acceptors (Lipinski definition) is 10. The first-order chi connectivity index (χ1) is 23.6. The van der Waals surface area contributed by atoms with E-state index in [4.69, 9.17) is 23.7 Å². The van der Waals surface area contributed by atoms with Gasteiger partial charge in [-0.1, -0.05) is 31.5 Å². The summed E-state index contributed by atoms with van der Waals surface area (Å²) in [6, 6.07) is 14.6. The number of hydrogen-bond donors (Lipinski definition) is 1. The van der Waals surface area contributed by atoms with Crippen molar-refractivity contribution in [2.75, 3.05) is 27.7 Å². The molecule has 0 spiro atoms. The molecule has 1 N–H and O–H groups in total. The Bertz CT molecular complexity index is 1990. The Morgan fingerprint density at radius 3 is 2.49 bits per heavy atom. The summed E-state index contributed by atoms with van der Waals surface area (Å²) in [5.74, 6) is 1.48. The molecular weight excluding hydrogens is 654 g/mol. The molecule has 1 aliphatic heterocycles. The van der Waals surface area contributed by atoms with Gasteiger partial charge in [-0.2, -0.15) is 0 Å². The number of rotatable bonds is 16. The van der Waals surface area contributed by atoms with E-state index in [-0.39, 0.29) is 35.8 Å². The molecule has 0 atom stereocenters. The molecular formula is C35H37N3O10S. The number of ether oxygens (including phenoxy) is 5. The summed E-state index contributed by atoms with van der Waals surface area (Å²) in [6.45, 7) is 3.09. The van der Waals surface area contributed by atoms with E-state index in [1.165, 1.54) is 26.4 Å². The van der Waals surface area contributed by atoms with Gasteiger partial charge >= 0.3 is 5.97 Å². The molecule has 14 heteroatoms. The Kier molecular flexibility index (Phi) is 10.8. The highest BCUT2D eigenvalue weighted by molar-refractivity contribution is 7.89. The molecule has 1 aromatic heterocycles. The minimum Gasteiger partial charge on any atom is -0.497 e. The minimum atomic E-state index is -4.24. The number of carboxylic acid groups (broad SMARTS) is 1. The second-order valence-electron chi connectivity index (χ2n) is 11.1. The smallest absolute Gasteiger partial charge is 0.331 e. The van der Waals surface area contributed by atoms with Crippen molar-refractivity contribution in [2.45, 2.75) is 44.4 Å². The van der Waals surface area contributed by atoms with Crippen LogP contribution in [0.3, 0.4) is 0 Å². The first-order valence-corrected chi connectivity index (χ1v) is 16.9. The van der Waals surface area contributed by atoms with Crippen LogP contribution in [0.1, 0.15) is 42.4 Å². The molecule has 2 heterocycles. The number of nitrogens with zero attached hydrogens (tertiary/aromatic N) is 3. The number of carbonyl (C=O) groups excluding carboxylic acids is 1. The number of methoxy groups -OCH3 is 2. The van der Waals surface area contributed by atoms with Crippen LogP contribution in [0.5, 0.6) is 28.7 Å². The summed E-state index contributed by atoms with van der Waals surface area (Å²) < 4.78 is 57.1. The standard InChI is InChI=1S/C35H37N3O10S/c1-5-6-11-34-36-19-26(15-25(35(40)41)14-24-16-31-32(48-22-47-31)18-29(24)45-4)38(34)28-13-12-27(44-3)17-30(28)46-21-37(20-39)49(42,43)33-10-8-7-9-23(33)2/h7-10,12-13,15-20H,5-6,11,14,21-22H2,1-4H3,(H,40,41). The van der Waals surface area contributed by atoms with Gasteiger partial charge in [-0.15, -0.1) is 0 Å². The van der Waals surface area contributed by atoms with Crippen molar-refractivity contribution in [1.29, 1.82) is 0 Å². The summed E-state index contributed by atoms with van der Waals surface area (Å²) in [7, 11) is -1.28. The fourth-order valence-corrected chi connectivity index (χ4v) is 6.63. The van der Waals surface area contributed by atoms with Gasteiger partial charge in [-0.25, -0.2) is 22.5 Å². The van der Waals surface area contributed by atoms with Crippen molar-refractivity contribution >= 4 is 28.5 Å². The lowest BCUT2D eigenvalue weighted by Gasteiger charge is -2.21. The van der Waals surface area contributed by atoms with Crippen molar-refractivity contribution in [1.82, 2.24) is 13.9 Å². The summed E-state index contributed by atoms with van der Waals surface area (Å²) >= 11 is 0. The number of fused-ring (bicyclic) bond motifs is 1. The fourth-order valence-electron chi connectivity index (χ4n) is 5.35. The number of aryl methyl sites for hydroxylation is 2. The summed E-state index contributed by atoms with van der Waals surface area (Å²) in [4.78, 5) is 29.3. The molecule has 0 fully saturated rings. The average Bonchev–Trinajstić information content (AvgIpc) is 3.72. The Labute approximate surface area is 284 Å². The molecule has 0 saturated heterocycles. The van der Waals surface area contributed by atoms with Crippen molar-refractivity contribution in [3.63, 3.8) is 0 Å². The van der Waals surface area contributed by atoms with Crippen LogP contribution >= 0.6 is 0 Å². The van der Waals surface area contributed by atoms with Crippen molar-refractivity contribution in [3.05, 3.63) is 89.0 Å². The van der Waals surface area contributed by atoms with E-state index in [1.807, 2.05) is 6.92 Å². The second kappa shape index (κ2) is 15.2. The van der Waals surface area contributed by atoms with Crippen LogP contribution in [0.15, 0.2) is 71.3 Å². The van der Waals surface area contributed by atoms with Gasteiger partial charge in [0.15, 0.2) is 18.2 Å². The number of aromatic nitrogens is 2. The molecule has 0 aliphatic carbocycles. The zero-order valence-electron chi connectivity index (χ0n) is 27.5. The van der Waals surface area contributed by atoms with Crippen LogP contribution in [-0.2, 0) is 32.5 Å². The maximum atomic E-state index is 13.4. The molecule has 49 heavy (non-hydrogen) atoms. The number of unbranched alkanes of at least 4 members (excludes halogenated alkanes) is 1. The molecule has 1 aliphatic rings. The normalized spacial score (nSPS) is 12.4. The summed E-state index contributed by atoms with van der Waals surface area (Å²) in [6.07, 6.45) is 5.49. The van der Waals surface area contributed by atoms with Gasteiger partial charge in [0.05, 0.1) is 36.7 Å². The minimum absolute atomic E-state index is 0.0123. The highest BCUT2D eigenvalue weighted by Crippen LogP contribution is 2.39. The van der Waals surface area contributed by atoms with Gasteiger partial charge in [0.1, 0.15) is 23.1 Å². The van der Waals surface area contributed by atoms with Crippen molar-refractivity contribution in [3.8, 4) is 34.4 Å². The number of aliphatic carboxylic acids is 1. The number of amides is 1. The highest BCUT2D eigenvalue weighted by Gasteiger charge is 2.27. The molecule has 5 rings (SSSR count). The first kappa shape index (κ1) is 34.8. The predicted molar refractivity (Wildman–Crippen MR) is 179 cm³/mol. The third-order valence-electron chi connectivity index (χ3n) is 7.92. The van der Waals surface area contributed by atoms with Gasteiger partial charge < -0.3 is 28.8 Å². The van der Waals surface area contributed by atoms with Crippen LogP contribution in [0.4, 0.5) is 0 Å². The molecule has 3 aromatic carbocycles. The third kappa shape index (κ3) is 7.49. The first-order valence-electron chi connectivity index (χ1n) is 15.4. The van der Waals surface area contributed by atoms with Gasteiger partial charge in [0.2, 0.25) is 13.2 Å². The largest absolute Gasteiger partial charge is 0.497 e.